The van der Waals surface area contributed by atoms with Gasteiger partial charge >= 0.3 is 0 Å². The lowest BCUT2D eigenvalue weighted by Crippen LogP contribution is -2.37. The van der Waals surface area contributed by atoms with Crippen molar-refractivity contribution in [1.29, 1.82) is 0 Å². The molecule has 1 unspecified atom stereocenters. The first-order chi connectivity index (χ1) is 12.6. The summed E-state index contributed by atoms with van der Waals surface area (Å²) in [5.74, 6) is 1.91. The molecule has 1 heterocycles. The summed E-state index contributed by atoms with van der Waals surface area (Å²) >= 11 is 0. The standard InChI is InChI=1S/C25H49N/c1-22-14-7-4-9-16-23(17-10-5-8-15-22)24-18-13-20-25(2,3)19-11-6-12-21-26-24/h22-24,26H,4-21H2,1-3H3. The Hall–Kier alpha value is -0.0400. The maximum Gasteiger partial charge on any atom is 0.00953 e. The summed E-state index contributed by atoms with van der Waals surface area (Å²) in [4.78, 5) is 0. The zero-order valence-corrected chi connectivity index (χ0v) is 18.5. The van der Waals surface area contributed by atoms with Crippen molar-refractivity contribution in [3.05, 3.63) is 0 Å². The third kappa shape index (κ3) is 9.25. The van der Waals surface area contributed by atoms with E-state index >= 15 is 0 Å². The Bertz CT molecular complexity index is 334. The van der Waals surface area contributed by atoms with E-state index in [-0.39, 0.29) is 0 Å². The van der Waals surface area contributed by atoms with E-state index in [1.165, 1.54) is 116 Å². The summed E-state index contributed by atoms with van der Waals surface area (Å²) < 4.78 is 0. The highest BCUT2D eigenvalue weighted by Gasteiger charge is 2.24. The van der Waals surface area contributed by atoms with Crippen molar-refractivity contribution < 1.29 is 0 Å². The summed E-state index contributed by atoms with van der Waals surface area (Å²) in [7, 11) is 0. The van der Waals surface area contributed by atoms with Gasteiger partial charge in [-0.3, -0.25) is 0 Å². The SMILES string of the molecule is CC1CCCCCC(C2CCCC(C)(C)CCCCCN2)CCCCC1. The first-order valence-corrected chi connectivity index (χ1v) is 12.3. The smallest absolute Gasteiger partial charge is 0.00953 e. The summed E-state index contributed by atoms with van der Waals surface area (Å²) in [6.45, 7) is 8.75. The van der Waals surface area contributed by atoms with E-state index in [9.17, 15) is 0 Å². The highest BCUT2D eigenvalue weighted by Crippen LogP contribution is 2.33. The van der Waals surface area contributed by atoms with Crippen LogP contribution in [-0.4, -0.2) is 12.6 Å². The molecule has 1 nitrogen and oxygen atoms in total. The minimum atomic E-state index is 0.568. The molecular weight excluding hydrogens is 314 g/mol. The van der Waals surface area contributed by atoms with Gasteiger partial charge in [-0.15, -0.1) is 0 Å². The highest BCUT2D eigenvalue weighted by molar-refractivity contribution is 4.80. The molecule has 1 aliphatic heterocycles. The van der Waals surface area contributed by atoms with Gasteiger partial charge in [0.1, 0.15) is 0 Å². The summed E-state index contributed by atoms with van der Waals surface area (Å²) in [6, 6.07) is 0.797. The molecule has 2 fully saturated rings. The number of rotatable bonds is 1. The van der Waals surface area contributed by atoms with Gasteiger partial charge in [0.15, 0.2) is 0 Å². The monoisotopic (exact) mass is 363 g/mol. The van der Waals surface area contributed by atoms with Crippen LogP contribution in [0.4, 0.5) is 0 Å². The van der Waals surface area contributed by atoms with Gasteiger partial charge in [0.2, 0.25) is 0 Å². The van der Waals surface area contributed by atoms with Gasteiger partial charge < -0.3 is 5.32 Å². The van der Waals surface area contributed by atoms with Crippen LogP contribution in [0.25, 0.3) is 0 Å². The van der Waals surface area contributed by atoms with E-state index in [0.717, 1.165) is 17.9 Å². The van der Waals surface area contributed by atoms with Crippen molar-refractivity contribution in [2.45, 2.75) is 136 Å². The summed E-state index contributed by atoms with van der Waals surface area (Å²) in [6.07, 6.45) is 24.7. The minimum Gasteiger partial charge on any atom is -0.314 e. The molecule has 154 valence electrons. The second-order valence-electron chi connectivity index (χ2n) is 10.6. The lowest BCUT2D eigenvalue weighted by Gasteiger charge is -2.30. The lowest BCUT2D eigenvalue weighted by atomic mass is 9.80. The first kappa shape index (κ1) is 22.3. The van der Waals surface area contributed by atoms with E-state index in [0.29, 0.717) is 5.41 Å². The second-order valence-corrected chi connectivity index (χ2v) is 10.6. The average molecular weight is 364 g/mol. The topological polar surface area (TPSA) is 12.0 Å². The van der Waals surface area contributed by atoms with Crippen LogP contribution in [0.15, 0.2) is 0 Å². The molecule has 26 heavy (non-hydrogen) atoms. The van der Waals surface area contributed by atoms with Crippen molar-refractivity contribution in [2.24, 2.45) is 17.3 Å². The lowest BCUT2D eigenvalue weighted by molar-refractivity contribution is 0.252. The number of hydrogen-bond acceptors (Lipinski definition) is 1. The zero-order chi connectivity index (χ0) is 18.7. The van der Waals surface area contributed by atoms with Gasteiger partial charge in [0.05, 0.1) is 0 Å². The van der Waals surface area contributed by atoms with E-state index in [1.54, 1.807) is 0 Å². The largest absolute Gasteiger partial charge is 0.314 e. The molecular formula is C25H49N. The highest BCUT2D eigenvalue weighted by atomic mass is 14.9. The van der Waals surface area contributed by atoms with Crippen LogP contribution in [0.3, 0.4) is 0 Å². The summed E-state index contributed by atoms with van der Waals surface area (Å²) in [5, 5.41) is 4.03. The fourth-order valence-electron chi connectivity index (χ4n) is 5.47. The van der Waals surface area contributed by atoms with Crippen molar-refractivity contribution in [3.63, 3.8) is 0 Å². The maximum atomic E-state index is 4.03. The van der Waals surface area contributed by atoms with Gasteiger partial charge in [-0.25, -0.2) is 0 Å². The number of nitrogens with one attached hydrogen (secondary N) is 1. The van der Waals surface area contributed by atoms with Gasteiger partial charge in [0.25, 0.3) is 0 Å². The molecule has 0 bridgehead atoms. The van der Waals surface area contributed by atoms with E-state index < -0.39 is 0 Å². The normalized spacial score (nSPS) is 34.0. The molecule has 0 amide bonds. The molecule has 1 saturated carbocycles. The van der Waals surface area contributed by atoms with E-state index in [4.69, 9.17) is 0 Å². The van der Waals surface area contributed by atoms with Crippen LogP contribution in [-0.2, 0) is 0 Å². The predicted octanol–water partition coefficient (Wildman–Crippen LogP) is 7.88. The molecule has 0 aromatic rings. The molecule has 2 aliphatic rings. The van der Waals surface area contributed by atoms with Crippen LogP contribution < -0.4 is 5.32 Å². The van der Waals surface area contributed by atoms with Crippen LogP contribution >= 0.6 is 0 Å². The zero-order valence-electron chi connectivity index (χ0n) is 18.5. The molecule has 1 heteroatoms. The van der Waals surface area contributed by atoms with Crippen LogP contribution in [0.5, 0.6) is 0 Å². The van der Waals surface area contributed by atoms with E-state index in [2.05, 4.69) is 26.1 Å². The van der Waals surface area contributed by atoms with Gasteiger partial charge in [-0.2, -0.15) is 0 Å². The van der Waals surface area contributed by atoms with Gasteiger partial charge in [-0.1, -0.05) is 91.4 Å². The van der Waals surface area contributed by atoms with Crippen LogP contribution in [0, 0.1) is 17.3 Å². The fourth-order valence-corrected chi connectivity index (χ4v) is 5.47. The molecule has 0 radical (unpaired) electrons. The molecule has 1 aliphatic carbocycles. The van der Waals surface area contributed by atoms with Gasteiger partial charge in [0, 0.05) is 6.04 Å². The molecule has 0 spiro atoms. The maximum absolute atomic E-state index is 4.03. The van der Waals surface area contributed by atoms with Crippen molar-refractivity contribution in [2.75, 3.05) is 6.54 Å². The van der Waals surface area contributed by atoms with Gasteiger partial charge in [-0.05, 0) is 62.3 Å². The number of hydrogen-bond donors (Lipinski definition) is 1. The van der Waals surface area contributed by atoms with Crippen LogP contribution in [0.1, 0.15) is 130 Å². The Balaban J connectivity index is 1.89. The Morgan fingerprint density at radius 1 is 0.615 bits per heavy atom. The Labute approximate surface area is 165 Å². The van der Waals surface area contributed by atoms with Crippen molar-refractivity contribution in [3.8, 4) is 0 Å². The first-order valence-electron chi connectivity index (χ1n) is 12.3. The fraction of sp³-hybridized carbons (Fsp3) is 1.00. The molecule has 1 saturated heterocycles. The molecule has 1 atom stereocenters. The Morgan fingerprint density at radius 2 is 1.19 bits per heavy atom. The Morgan fingerprint density at radius 3 is 1.88 bits per heavy atom. The predicted molar refractivity (Wildman–Crippen MR) is 117 cm³/mol. The average Bonchev–Trinajstić information content (AvgIpc) is 2.62. The quantitative estimate of drug-likeness (QED) is 0.499. The van der Waals surface area contributed by atoms with Crippen LogP contribution in [0.2, 0.25) is 0 Å². The second kappa shape index (κ2) is 12.4. The Kier molecular flexibility index (Phi) is 10.6. The molecule has 2 rings (SSSR count). The van der Waals surface area contributed by atoms with E-state index in [1.807, 2.05) is 0 Å². The third-order valence-corrected chi connectivity index (χ3v) is 7.42. The third-order valence-electron chi connectivity index (χ3n) is 7.42. The molecule has 0 aromatic carbocycles. The molecule has 1 N–H and O–H groups in total. The van der Waals surface area contributed by atoms with Crippen molar-refractivity contribution in [1.82, 2.24) is 5.32 Å². The minimum absolute atomic E-state index is 0.568. The molecule has 0 aromatic heterocycles. The summed E-state index contributed by atoms with van der Waals surface area (Å²) in [5.41, 5.74) is 0.568. The van der Waals surface area contributed by atoms with Crippen molar-refractivity contribution >= 4 is 0 Å².